The second-order valence-corrected chi connectivity index (χ2v) is 10.9. The minimum atomic E-state index is -5.51. The summed E-state index contributed by atoms with van der Waals surface area (Å²) in [6, 6.07) is 0. The van der Waals surface area contributed by atoms with Crippen LogP contribution in [0.15, 0.2) is 0 Å². The van der Waals surface area contributed by atoms with Gasteiger partial charge in [0.2, 0.25) is 10.4 Å². The normalized spacial score (nSPS) is 12.6. The Balaban J connectivity index is 0. The minimum Gasteiger partial charge on any atom is -0.725 e. The molecule has 0 heterocycles. The number of rotatable bonds is 24. The molecular formula is C21H43NaO10S2. The molecule has 0 aliphatic carbocycles. The summed E-state index contributed by atoms with van der Waals surface area (Å²) in [5.41, 5.74) is -1.26. The van der Waals surface area contributed by atoms with Gasteiger partial charge in [-0.25, -0.2) is 12.6 Å². The molecule has 0 fully saturated rings. The standard InChI is InChI=1S/C21H44O10S2.Na/c1-3-5-7-9-11-13-15-28-18-21(17-22,19-29-16-14-12-10-8-6-4-2)20-30-33(26,27)31-32(23,24)25;/h22H,3-20H2,1-2H3,(H,23,24,25);/q;+1/p-1. The van der Waals surface area contributed by atoms with E-state index in [1.54, 1.807) is 0 Å². The van der Waals surface area contributed by atoms with Crippen LogP contribution in [0, 0.1) is 5.41 Å². The zero-order valence-electron chi connectivity index (χ0n) is 21.2. The summed E-state index contributed by atoms with van der Waals surface area (Å²) >= 11 is 0. The van der Waals surface area contributed by atoms with E-state index in [4.69, 9.17) is 9.47 Å². The summed E-state index contributed by atoms with van der Waals surface area (Å²) < 4.78 is 74.3. The van der Waals surface area contributed by atoms with Crippen LogP contribution >= 0.6 is 0 Å². The first kappa shape index (κ1) is 36.8. The Kier molecular flexibility index (Phi) is 23.5. The van der Waals surface area contributed by atoms with Gasteiger partial charge in [-0.15, -0.1) is 3.63 Å². The number of hydrogen-bond donors (Lipinski definition) is 1. The van der Waals surface area contributed by atoms with E-state index in [0.29, 0.717) is 13.2 Å². The smallest absolute Gasteiger partial charge is 0.725 e. The predicted molar refractivity (Wildman–Crippen MR) is 124 cm³/mol. The topological polar surface area (TPSA) is 148 Å². The Morgan fingerprint density at radius 1 is 0.706 bits per heavy atom. The predicted octanol–water partition coefficient (Wildman–Crippen LogP) is 0.462. The molecule has 0 spiro atoms. The Labute approximate surface area is 229 Å². The second-order valence-electron chi connectivity index (χ2n) is 8.45. The van der Waals surface area contributed by atoms with Crippen LogP contribution < -0.4 is 29.6 Å². The van der Waals surface area contributed by atoms with E-state index in [1.165, 1.54) is 12.8 Å². The van der Waals surface area contributed by atoms with E-state index < -0.39 is 39.4 Å². The molecule has 0 saturated heterocycles. The van der Waals surface area contributed by atoms with E-state index in [9.17, 15) is 26.5 Å². The number of aliphatic hydroxyl groups excluding tert-OH is 1. The van der Waals surface area contributed by atoms with Crippen LogP contribution in [0.1, 0.15) is 90.9 Å². The number of unbranched alkanes of at least 4 members (excludes halogenated alkanes) is 10. The fourth-order valence-corrected chi connectivity index (χ4v) is 4.50. The van der Waals surface area contributed by atoms with Gasteiger partial charge in [-0.2, -0.15) is 8.42 Å². The molecule has 0 bridgehead atoms. The van der Waals surface area contributed by atoms with Crippen LogP contribution in [-0.4, -0.2) is 66.1 Å². The molecule has 0 rings (SSSR count). The van der Waals surface area contributed by atoms with Crippen molar-refractivity contribution in [3.63, 3.8) is 0 Å². The molecule has 0 radical (unpaired) electrons. The van der Waals surface area contributed by atoms with Gasteiger partial charge in [-0.1, -0.05) is 78.1 Å². The van der Waals surface area contributed by atoms with Gasteiger partial charge >= 0.3 is 40.0 Å². The average Bonchev–Trinajstić information content (AvgIpc) is 2.73. The first-order chi connectivity index (χ1) is 15.6. The second kappa shape index (κ2) is 21.7. The van der Waals surface area contributed by atoms with Crippen LogP contribution in [0.25, 0.3) is 0 Å². The molecule has 0 saturated carbocycles. The number of aliphatic hydroxyl groups is 1. The van der Waals surface area contributed by atoms with E-state index in [0.717, 1.165) is 64.2 Å². The number of hydrogen-bond acceptors (Lipinski definition) is 10. The molecule has 0 aromatic rings. The van der Waals surface area contributed by atoms with Crippen molar-refractivity contribution in [2.45, 2.75) is 90.9 Å². The van der Waals surface area contributed by atoms with Crippen molar-refractivity contribution in [3.05, 3.63) is 0 Å². The van der Waals surface area contributed by atoms with Crippen LogP contribution in [-0.2, 0) is 38.1 Å². The van der Waals surface area contributed by atoms with Gasteiger partial charge in [0.15, 0.2) is 0 Å². The average molecular weight is 543 g/mol. The van der Waals surface area contributed by atoms with Crippen molar-refractivity contribution in [1.29, 1.82) is 0 Å². The summed E-state index contributed by atoms with van der Waals surface area (Å²) in [4.78, 5) is 0. The third-order valence-electron chi connectivity index (χ3n) is 5.11. The summed E-state index contributed by atoms with van der Waals surface area (Å²) in [6.07, 6.45) is 12.9. The zero-order valence-corrected chi connectivity index (χ0v) is 24.8. The Morgan fingerprint density at radius 3 is 1.50 bits per heavy atom. The molecular weight excluding hydrogens is 499 g/mol. The van der Waals surface area contributed by atoms with E-state index >= 15 is 0 Å². The van der Waals surface area contributed by atoms with Crippen LogP contribution in [0.4, 0.5) is 0 Å². The van der Waals surface area contributed by atoms with Crippen molar-refractivity contribution >= 4 is 20.8 Å². The largest absolute Gasteiger partial charge is 1.00 e. The van der Waals surface area contributed by atoms with Gasteiger partial charge in [0.05, 0.1) is 31.8 Å². The Morgan fingerprint density at radius 2 is 1.12 bits per heavy atom. The van der Waals surface area contributed by atoms with Crippen molar-refractivity contribution < 1.29 is 73.3 Å². The maximum atomic E-state index is 11.6. The molecule has 0 aromatic heterocycles. The van der Waals surface area contributed by atoms with E-state index in [-0.39, 0.29) is 42.8 Å². The third-order valence-corrected chi connectivity index (χ3v) is 6.85. The molecule has 200 valence electrons. The Bertz CT molecular complexity index is 651. The molecule has 0 atom stereocenters. The quantitative estimate of drug-likeness (QED) is 0.0789. The summed E-state index contributed by atoms with van der Waals surface area (Å²) in [6.45, 7) is 3.82. The molecule has 13 heteroatoms. The monoisotopic (exact) mass is 542 g/mol. The zero-order chi connectivity index (χ0) is 25.1. The summed E-state index contributed by atoms with van der Waals surface area (Å²) in [5.74, 6) is 0. The van der Waals surface area contributed by atoms with E-state index in [2.05, 4.69) is 21.7 Å². The van der Waals surface area contributed by atoms with Crippen molar-refractivity contribution in [2.24, 2.45) is 5.41 Å². The van der Waals surface area contributed by atoms with Gasteiger partial charge in [-0.3, -0.25) is 0 Å². The molecule has 0 aliphatic heterocycles. The maximum Gasteiger partial charge on any atom is 1.00 e. The van der Waals surface area contributed by atoms with Gasteiger partial charge < -0.3 is 19.1 Å². The van der Waals surface area contributed by atoms with Crippen molar-refractivity contribution in [2.75, 3.05) is 39.6 Å². The maximum absolute atomic E-state index is 11.6. The van der Waals surface area contributed by atoms with Gasteiger partial charge in [0.1, 0.15) is 0 Å². The molecule has 10 nitrogen and oxygen atoms in total. The molecule has 0 unspecified atom stereocenters. The molecule has 0 aliphatic rings. The molecule has 1 N–H and O–H groups in total. The van der Waals surface area contributed by atoms with E-state index in [1.807, 2.05) is 0 Å². The van der Waals surface area contributed by atoms with Crippen LogP contribution in [0.3, 0.4) is 0 Å². The van der Waals surface area contributed by atoms with Crippen LogP contribution in [0.2, 0.25) is 0 Å². The fourth-order valence-electron chi connectivity index (χ4n) is 3.13. The first-order valence-corrected chi connectivity index (χ1v) is 14.6. The fraction of sp³-hybridized carbons (Fsp3) is 1.00. The van der Waals surface area contributed by atoms with Gasteiger partial charge in [0, 0.05) is 13.2 Å². The van der Waals surface area contributed by atoms with Crippen molar-refractivity contribution in [3.8, 4) is 0 Å². The minimum absolute atomic E-state index is 0. The SMILES string of the molecule is CCCCCCCCOCC(CO)(COCCCCCCCC)COS(=O)(=O)OS(=O)(=O)[O-].[Na+]. The Hall–Kier alpha value is 0.660. The van der Waals surface area contributed by atoms with Gasteiger partial charge in [0.25, 0.3) is 0 Å². The first-order valence-electron chi connectivity index (χ1n) is 11.9. The molecule has 0 aromatic carbocycles. The van der Waals surface area contributed by atoms with Gasteiger partial charge in [-0.05, 0) is 12.8 Å². The summed E-state index contributed by atoms with van der Waals surface area (Å²) in [7, 11) is -10.6. The van der Waals surface area contributed by atoms with Crippen LogP contribution in [0.5, 0.6) is 0 Å². The molecule has 34 heavy (non-hydrogen) atoms. The third kappa shape index (κ3) is 21.9. The number of ether oxygens (including phenoxy) is 2. The summed E-state index contributed by atoms with van der Waals surface area (Å²) in [5, 5.41) is 9.95. The van der Waals surface area contributed by atoms with Crippen molar-refractivity contribution in [1.82, 2.24) is 0 Å². The molecule has 0 amide bonds.